The molecule has 0 spiro atoms. The normalized spacial score (nSPS) is 25.2. The first kappa shape index (κ1) is 11.9. The van der Waals surface area contributed by atoms with Gasteiger partial charge in [-0.3, -0.25) is 4.79 Å². The van der Waals surface area contributed by atoms with Crippen LogP contribution in [0.25, 0.3) is 0 Å². The minimum absolute atomic E-state index is 0.153. The fourth-order valence-corrected chi connectivity index (χ4v) is 2.62. The Hall–Kier alpha value is -0.610. The predicted molar refractivity (Wildman–Crippen MR) is 64.0 cm³/mol. The molecule has 0 atom stereocenters. The number of carbonyl (C=O) groups excluding carboxylic acids is 1. The van der Waals surface area contributed by atoms with E-state index in [4.69, 9.17) is 5.73 Å². The van der Waals surface area contributed by atoms with Crippen molar-refractivity contribution in [1.82, 2.24) is 9.80 Å². The standard InChI is InChI=1S/C12H23N3O/c1-14-5-7-15(8-6-14)11(16)9-12(10-13)3-2-4-12/h2-10,13H2,1H3. The van der Waals surface area contributed by atoms with Crippen LogP contribution < -0.4 is 5.73 Å². The predicted octanol–water partition coefficient (Wildman–Crippen LogP) is 0.280. The van der Waals surface area contributed by atoms with Crippen LogP contribution in [0.15, 0.2) is 0 Å². The molecule has 92 valence electrons. The second-order valence-electron chi connectivity index (χ2n) is 5.42. The van der Waals surface area contributed by atoms with Gasteiger partial charge in [0.25, 0.3) is 0 Å². The van der Waals surface area contributed by atoms with Gasteiger partial charge in [-0.1, -0.05) is 6.42 Å². The van der Waals surface area contributed by atoms with Crippen molar-refractivity contribution in [3.8, 4) is 0 Å². The molecule has 1 aliphatic heterocycles. The van der Waals surface area contributed by atoms with Crippen molar-refractivity contribution in [1.29, 1.82) is 0 Å². The number of nitrogens with zero attached hydrogens (tertiary/aromatic N) is 2. The van der Waals surface area contributed by atoms with E-state index >= 15 is 0 Å². The molecule has 1 amide bonds. The van der Waals surface area contributed by atoms with Gasteiger partial charge in [-0.2, -0.15) is 0 Å². The van der Waals surface area contributed by atoms with Gasteiger partial charge in [-0.15, -0.1) is 0 Å². The zero-order chi connectivity index (χ0) is 11.6. The fourth-order valence-electron chi connectivity index (χ4n) is 2.62. The number of likely N-dealkylation sites (N-methyl/N-ethyl adjacent to an activating group) is 1. The average molecular weight is 225 g/mol. The zero-order valence-electron chi connectivity index (χ0n) is 10.2. The molecule has 1 heterocycles. The molecule has 2 aliphatic rings. The summed E-state index contributed by atoms with van der Waals surface area (Å²) in [4.78, 5) is 16.4. The van der Waals surface area contributed by atoms with E-state index in [1.54, 1.807) is 0 Å². The molecule has 0 unspecified atom stereocenters. The Labute approximate surface area is 97.8 Å². The fraction of sp³-hybridized carbons (Fsp3) is 0.917. The first-order chi connectivity index (χ1) is 7.65. The lowest BCUT2D eigenvalue weighted by molar-refractivity contribution is -0.136. The Kier molecular flexibility index (Phi) is 3.50. The summed E-state index contributed by atoms with van der Waals surface area (Å²) in [7, 11) is 2.11. The van der Waals surface area contributed by atoms with Crippen LogP contribution in [0.1, 0.15) is 25.7 Å². The van der Waals surface area contributed by atoms with Crippen molar-refractivity contribution >= 4 is 5.91 Å². The van der Waals surface area contributed by atoms with Crippen LogP contribution in [0.3, 0.4) is 0 Å². The van der Waals surface area contributed by atoms with E-state index in [0.717, 1.165) is 39.0 Å². The van der Waals surface area contributed by atoms with Crippen LogP contribution in [-0.2, 0) is 4.79 Å². The SMILES string of the molecule is CN1CCN(C(=O)CC2(CN)CCC2)CC1. The van der Waals surface area contributed by atoms with Crippen LogP contribution in [-0.4, -0.2) is 55.5 Å². The third-order valence-electron chi connectivity index (χ3n) is 4.23. The van der Waals surface area contributed by atoms with Gasteiger partial charge in [0.05, 0.1) is 0 Å². The maximum Gasteiger partial charge on any atom is 0.223 e. The highest BCUT2D eigenvalue weighted by atomic mass is 16.2. The van der Waals surface area contributed by atoms with Crippen molar-refractivity contribution < 1.29 is 4.79 Å². The monoisotopic (exact) mass is 225 g/mol. The van der Waals surface area contributed by atoms with E-state index in [1.807, 2.05) is 4.90 Å². The Balaban J connectivity index is 1.83. The summed E-state index contributed by atoms with van der Waals surface area (Å²) in [5, 5.41) is 0. The van der Waals surface area contributed by atoms with Gasteiger partial charge in [0.2, 0.25) is 5.91 Å². The summed E-state index contributed by atoms with van der Waals surface area (Å²) < 4.78 is 0. The van der Waals surface area contributed by atoms with Gasteiger partial charge >= 0.3 is 0 Å². The Morgan fingerprint density at radius 2 is 1.88 bits per heavy atom. The van der Waals surface area contributed by atoms with Crippen LogP contribution in [0.5, 0.6) is 0 Å². The summed E-state index contributed by atoms with van der Waals surface area (Å²) in [5.41, 5.74) is 5.94. The third-order valence-corrected chi connectivity index (χ3v) is 4.23. The Bertz CT molecular complexity index is 249. The van der Waals surface area contributed by atoms with Crippen LogP contribution in [0.2, 0.25) is 0 Å². The number of nitrogens with two attached hydrogens (primary N) is 1. The largest absolute Gasteiger partial charge is 0.340 e. The average Bonchev–Trinajstić information content (AvgIpc) is 2.24. The second kappa shape index (κ2) is 4.72. The molecular weight excluding hydrogens is 202 g/mol. The molecule has 4 heteroatoms. The number of hydrogen-bond acceptors (Lipinski definition) is 3. The molecule has 2 N–H and O–H groups in total. The lowest BCUT2D eigenvalue weighted by Crippen LogP contribution is -2.50. The van der Waals surface area contributed by atoms with Crippen molar-refractivity contribution in [3.63, 3.8) is 0 Å². The van der Waals surface area contributed by atoms with Gasteiger partial charge in [0.1, 0.15) is 0 Å². The van der Waals surface area contributed by atoms with Gasteiger partial charge in [-0.05, 0) is 31.8 Å². The summed E-state index contributed by atoms with van der Waals surface area (Å²) >= 11 is 0. The van der Waals surface area contributed by atoms with Crippen molar-refractivity contribution in [2.75, 3.05) is 39.8 Å². The third kappa shape index (κ3) is 2.38. The van der Waals surface area contributed by atoms with E-state index in [2.05, 4.69) is 11.9 Å². The molecule has 0 aromatic rings. The summed E-state index contributed by atoms with van der Waals surface area (Å²) in [6.07, 6.45) is 4.20. The quantitative estimate of drug-likeness (QED) is 0.750. The second-order valence-corrected chi connectivity index (χ2v) is 5.42. The molecule has 0 aromatic heterocycles. The molecule has 2 rings (SSSR count). The van der Waals surface area contributed by atoms with Crippen LogP contribution in [0, 0.1) is 5.41 Å². The molecule has 1 saturated carbocycles. The molecule has 2 fully saturated rings. The zero-order valence-corrected chi connectivity index (χ0v) is 10.2. The first-order valence-corrected chi connectivity index (χ1v) is 6.32. The van der Waals surface area contributed by atoms with Gasteiger partial charge in [0.15, 0.2) is 0 Å². The summed E-state index contributed by atoms with van der Waals surface area (Å²) in [6, 6.07) is 0. The first-order valence-electron chi connectivity index (χ1n) is 6.32. The number of amides is 1. The van der Waals surface area contributed by atoms with Crippen molar-refractivity contribution in [3.05, 3.63) is 0 Å². The number of rotatable bonds is 3. The highest BCUT2D eigenvalue weighted by Gasteiger charge is 2.38. The highest BCUT2D eigenvalue weighted by molar-refractivity contribution is 5.77. The summed E-state index contributed by atoms with van der Waals surface area (Å²) in [6.45, 7) is 4.45. The van der Waals surface area contributed by atoms with E-state index in [0.29, 0.717) is 18.9 Å². The molecule has 4 nitrogen and oxygen atoms in total. The molecule has 0 bridgehead atoms. The molecule has 0 radical (unpaired) electrons. The molecular formula is C12H23N3O. The smallest absolute Gasteiger partial charge is 0.223 e. The molecule has 16 heavy (non-hydrogen) atoms. The lowest BCUT2D eigenvalue weighted by atomic mass is 9.66. The molecule has 0 aromatic carbocycles. The van der Waals surface area contributed by atoms with Gasteiger partial charge in [-0.25, -0.2) is 0 Å². The number of carbonyl (C=O) groups is 1. The number of hydrogen-bond donors (Lipinski definition) is 1. The van der Waals surface area contributed by atoms with E-state index in [1.165, 1.54) is 6.42 Å². The summed E-state index contributed by atoms with van der Waals surface area (Å²) in [5.74, 6) is 0.318. The van der Waals surface area contributed by atoms with E-state index in [9.17, 15) is 4.79 Å². The van der Waals surface area contributed by atoms with Crippen LogP contribution >= 0.6 is 0 Å². The maximum atomic E-state index is 12.1. The van der Waals surface area contributed by atoms with Gasteiger partial charge in [0, 0.05) is 32.6 Å². The Morgan fingerprint density at radius 1 is 1.25 bits per heavy atom. The van der Waals surface area contributed by atoms with Gasteiger partial charge < -0.3 is 15.5 Å². The van der Waals surface area contributed by atoms with Crippen LogP contribution in [0.4, 0.5) is 0 Å². The van der Waals surface area contributed by atoms with Crippen molar-refractivity contribution in [2.24, 2.45) is 11.1 Å². The number of piperazine rings is 1. The molecule has 1 aliphatic carbocycles. The Morgan fingerprint density at radius 3 is 2.31 bits per heavy atom. The maximum absolute atomic E-state index is 12.1. The lowest BCUT2D eigenvalue weighted by Gasteiger charge is -2.42. The highest BCUT2D eigenvalue weighted by Crippen LogP contribution is 2.43. The van der Waals surface area contributed by atoms with E-state index < -0.39 is 0 Å². The van der Waals surface area contributed by atoms with Crippen molar-refractivity contribution in [2.45, 2.75) is 25.7 Å². The topological polar surface area (TPSA) is 49.6 Å². The minimum Gasteiger partial charge on any atom is -0.340 e. The minimum atomic E-state index is 0.153. The van der Waals surface area contributed by atoms with E-state index in [-0.39, 0.29) is 5.41 Å². The molecule has 1 saturated heterocycles.